The van der Waals surface area contributed by atoms with Gasteiger partial charge in [-0.25, -0.2) is 14.2 Å². The monoisotopic (exact) mass is 361 g/mol. The standard InChI is InChI=1S/C17H23N5O4/c1-7-8-20-9(2)10(3)21-12-13(18-16(20)21)19(5)17(25)22(14(12)23)11(4)15(24)26-6/h11H,7-8H2,1-6H3/t11-/m0/s1. The molecule has 3 aromatic heterocycles. The molecule has 3 rings (SSSR count). The van der Waals surface area contributed by atoms with Gasteiger partial charge >= 0.3 is 11.7 Å². The highest BCUT2D eigenvalue weighted by atomic mass is 16.5. The number of imidazole rings is 2. The average Bonchev–Trinajstić information content (AvgIpc) is 3.11. The molecule has 26 heavy (non-hydrogen) atoms. The molecule has 140 valence electrons. The van der Waals surface area contributed by atoms with Gasteiger partial charge in [0.15, 0.2) is 11.2 Å². The van der Waals surface area contributed by atoms with Crippen LogP contribution in [-0.4, -0.2) is 36.2 Å². The smallest absolute Gasteiger partial charge is 0.333 e. The molecule has 0 bridgehead atoms. The highest BCUT2D eigenvalue weighted by Gasteiger charge is 2.26. The van der Waals surface area contributed by atoms with Crippen LogP contribution in [0.25, 0.3) is 16.9 Å². The third-order valence-electron chi connectivity index (χ3n) is 4.96. The minimum absolute atomic E-state index is 0.285. The van der Waals surface area contributed by atoms with Crippen molar-refractivity contribution in [1.29, 1.82) is 0 Å². The summed E-state index contributed by atoms with van der Waals surface area (Å²) in [6.07, 6.45) is 0.913. The predicted molar refractivity (Wildman–Crippen MR) is 96.7 cm³/mol. The first kappa shape index (κ1) is 18.0. The molecule has 0 aliphatic carbocycles. The number of methoxy groups -OCH3 is 1. The zero-order chi connectivity index (χ0) is 19.3. The number of aromatic nitrogens is 5. The van der Waals surface area contributed by atoms with Crippen LogP contribution in [-0.2, 0) is 23.1 Å². The summed E-state index contributed by atoms with van der Waals surface area (Å²) in [5, 5.41) is 0. The third kappa shape index (κ3) is 2.23. The molecule has 0 saturated heterocycles. The zero-order valence-electron chi connectivity index (χ0n) is 15.9. The molecule has 0 radical (unpaired) electrons. The van der Waals surface area contributed by atoms with Gasteiger partial charge < -0.3 is 9.30 Å². The molecule has 3 aromatic rings. The zero-order valence-corrected chi connectivity index (χ0v) is 15.9. The van der Waals surface area contributed by atoms with E-state index in [1.807, 2.05) is 18.4 Å². The summed E-state index contributed by atoms with van der Waals surface area (Å²) in [7, 11) is 2.77. The van der Waals surface area contributed by atoms with Crippen molar-refractivity contribution < 1.29 is 9.53 Å². The van der Waals surface area contributed by atoms with Crippen LogP contribution in [0.1, 0.15) is 37.7 Å². The Morgan fingerprint density at radius 3 is 2.46 bits per heavy atom. The minimum Gasteiger partial charge on any atom is -0.467 e. The number of rotatable bonds is 4. The Morgan fingerprint density at radius 2 is 1.88 bits per heavy atom. The second-order valence-electron chi connectivity index (χ2n) is 6.46. The Balaban J connectivity index is 2.51. The lowest BCUT2D eigenvalue weighted by Gasteiger charge is -2.13. The van der Waals surface area contributed by atoms with E-state index in [2.05, 4.69) is 11.9 Å². The molecule has 0 fully saturated rings. The molecule has 0 N–H and O–H groups in total. The molecule has 0 aliphatic rings. The van der Waals surface area contributed by atoms with Crippen molar-refractivity contribution in [2.75, 3.05) is 7.11 Å². The summed E-state index contributed by atoms with van der Waals surface area (Å²) in [6, 6.07) is -1.03. The Morgan fingerprint density at radius 1 is 1.23 bits per heavy atom. The summed E-state index contributed by atoms with van der Waals surface area (Å²) < 4.78 is 10.7. The lowest BCUT2D eigenvalue weighted by molar-refractivity contribution is -0.144. The summed E-state index contributed by atoms with van der Waals surface area (Å²) in [5.74, 6) is -0.0341. The van der Waals surface area contributed by atoms with Gasteiger partial charge in [0.05, 0.1) is 7.11 Å². The van der Waals surface area contributed by atoms with Crippen LogP contribution < -0.4 is 11.2 Å². The normalized spacial score (nSPS) is 12.8. The first-order valence-electron chi connectivity index (χ1n) is 8.53. The van der Waals surface area contributed by atoms with Gasteiger partial charge in [-0.2, -0.15) is 4.98 Å². The molecule has 1 atom stereocenters. The van der Waals surface area contributed by atoms with Gasteiger partial charge in [0.2, 0.25) is 5.78 Å². The topological polar surface area (TPSA) is 92.5 Å². The molecule has 9 heteroatoms. The number of carbonyl (C=O) groups excluding carboxylic acids is 1. The molecular weight excluding hydrogens is 338 g/mol. The Hall–Kier alpha value is -2.84. The molecule has 0 aromatic carbocycles. The van der Waals surface area contributed by atoms with Gasteiger partial charge in [-0.05, 0) is 27.2 Å². The maximum absolute atomic E-state index is 13.1. The summed E-state index contributed by atoms with van der Waals surface area (Å²) >= 11 is 0. The van der Waals surface area contributed by atoms with Crippen molar-refractivity contribution in [3.05, 3.63) is 32.2 Å². The fourth-order valence-electron chi connectivity index (χ4n) is 3.39. The van der Waals surface area contributed by atoms with E-state index in [9.17, 15) is 14.4 Å². The minimum atomic E-state index is -1.03. The first-order valence-corrected chi connectivity index (χ1v) is 8.53. The van der Waals surface area contributed by atoms with Crippen molar-refractivity contribution in [2.45, 2.75) is 46.7 Å². The molecule has 0 saturated carbocycles. The maximum Gasteiger partial charge on any atom is 0.333 e. The Bertz CT molecular complexity index is 1140. The van der Waals surface area contributed by atoms with Gasteiger partial charge in [0.25, 0.3) is 5.56 Å². The van der Waals surface area contributed by atoms with E-state index in [0.29, 0.717) is 11.4 Å². The lowest BCUT2D eigenvalue weighted by atomic mass is 10.3. The van der Waals surface area contributed by atoms with Gasteiger partial charge in [-0.1, -0.05) is 6.92 Å². The van der Waals surface area contributed by atoms with Crippen molar-refractivity contribution in [1.82, 2.24) is 23.1 Å². The van der Waals surface area contributed by atoms with Crippen LogP contribution in [0.2, 0.25) is 0 Å². The van der Waals surface area contributed by atoms with Crippen LogP contribution in [0, 0.1) is 13.8 Å². The van der Waals surface area contributed by atoms with E-state index in [-0.39, 0.29) is 5.52 Å². The van der Waals surface area contributed by atoms with E-state index in [4.69, 9.17) is 4.74 Å². The summed E-state index contributed by atoms with van der Waals surface area (Å²) in [6.45, 7) is 8.18. The van der Waals surface area contributed by atoms with Gasteiger partial charge in [-0.15, -0.1) is 0 Å². The van der Waals surface area contributed by atoms with E-state index < -0.39 is 23.3 Å². The number of fused-ring (bicyclic) bond motifs is 3. The largest absolute Gasteiger partial charge is 0.467 e. The van der Waals surface area contributed by atoms with Crippen molar-refractivity contribution >= 4 is 22.9 Å². The highest BCUT2D eigenvalue weighted by molar-refractivity contribution is 5.78. The molecule has 9 nitrogen and oxygen atoms in total. The van der Waals surface area contributed by atoms with Crippen LogP contribution in [0.5, 0.6) is 0 Å². The quantitative estimate of drug-likeness (QED) is 0.644. The van der Waals surface area contributed by atoms with Crippen molar-refractivity contribution in [2.24, 2.45) is 7.05 Å². The molecule has 3 heterocycles. The third-order valence-corrected chi connectivity index (χ3v) is 4.96. The van der Waals surface area contributed by atoms with Crippen LogP contribution in [0.3, 0.4) is 0 Å². The number of hydrogen-bond donors (Lipinski definition) is 0. The number of ether oxygens (including phenoxy) is 1. The highest BCUT2D eigenvalue weighted by Crippen LogP contribution is 2.21. The fraction of sp³-hybridized carbons (Fsp3) is 0.529. The number of carbonyl (C=O) groups is 1. The van der Waals surface area contributed by atoms with Gasteiger partial charge in [0.1, 0.15) is 6.04 Å². The average molecular weight is 361 g/mol. The van der Waals surface area contributed by atoms with E-state index in [0.717, 1.165) is 28.9 Å². The number of esters is 1. The van der Waals surface area contributed by atoms with Crippen LogP contribution in [0.15, 0.2) is 9.59 Å². The fourth-order valence-corrected chi connectivity index (χ4v) is 3.39. The van der Waals surface area contributed by atoms with Crippen LogP contribution in [0.4, 0.5) is 0 Å². The van der Waals surface area contributed by atoms with Crippen LogP contribution >= 0.6 is 0 Å². The Kier molecular flexibility index (Phi) is 4.25. The molecule has 0 spiro atoms. The van der Waals surface area contributed by atoms with Crippen molar-refractivity contribution in [3.63, 3.8) is 0 Å². The van der Waals surface area contributed by atoms with E-state index >= 15 is 0 Å². The second-order valence-corrected chi connectivity index (χ2v) is 6.46. The first-order chi connectivity index (χ1) is 12.3. The Labute approximate surface area is 149 Å². The maximum atomic E-state index is 13.1. The van der Waals surface area contributed by atoms with E-state index in [1.54, 1.807) is 11.4 Å². The van der Waals surface area contributed by atoms with Crippen molar-refractivity contribution in [3.8, 4) is 0 Å². The predicted octanol–water partition coefficient (Wildman–Crippen LogP) is 0.910. The van der Waals surface area contributed by atoms with Gasteiger partial charge in [-0.3, -0.25) is 13.8 Å². The van der Waals surface area contributed by atoms with Gasteiger partial charge in [0, 0.05) is 25.0 Å². The second kappa shape index (κ2) is 6.15. The lowest BCUT2D eigenvalue weighted by Crippen LogP contribution is -2.43. The molecule has 0 amide bonds. The molecular formula is C17H23N5O4. The number of aryl methyl sites for hydroxylation is 3. The molecule has 0 unspecified atom stereocenters. The molecule has 0 aliphatic heterocycles. The summed E-state index contributed by atoms with van der Waals surface area (Å²) in [4.78, 5) is 42.3. The van der Waals surface area contributed by atoms with E-state index in [1.165, 1.54) is 18.6 Å². The summed E-state index contributed by atoms with van der Waals surface area (Å²) in [5.41, 5.74) is 1.33. The SMILES string of the molecule is CCCn1c(C)c(C)n2c3c(=O)n([C@@H](C)C(=O)OC)c(=O)n(C)c3nc12. The number of nitrogens with zero attached hydrogens (tertiary/aromatic N) is 5. The number of hydrogen-bond acceptors (Lipinski definition) is 5.